The van der Waals surface area contributed by atoms with Crippen LogP contribution in [-0.2, 0) is 14.6 Å². The number of benzene rings is 1. The Hall–Kier alpha value is -1.60. The Morgan fingerprint density at radius 1 is 1.33 bits per heavy atom. The van der Waals surface area contributed by atoms with Crippen molar-refractivity contribution < 1.29 is 17.9 Å². The van der Waals surface area contributed by atoms with Crippen molar-refractivity contribution in [3.8, 4) is 5.75 Å². The number of carbonyl (C=O) groups is 1. The minimum absolute atomic E-state index is 0.0958. The fourth-order valence-electron chi connectivity index (χ4n) is 2.00. The van der Waals surface area contributed by atoms with Crippen LogP contribution in [0.5, 0.6) is 5.75 Å². The van der Waals surface area contributed by atoms with Gasteiger partial charge in [-0.15, -0.1) is 0 Å². The molecule has 0 unspecified atom stereocenters. The maximum atomic E-state index is 12.2. The van der Waals surface area contributed by atoms with Gasteiger partial charge in [0, 0.05) is 19.8 Å². The molecule has 6 nitrogen and oxygen atoms in total. The number of amides is 1. The number of hydrogen-bond donors (Lipinski definition) is 1. The lowest BCUT2D eigenvalue weighted by molar-refractivity contribution is -0.133. The van der Waals surface area contributed by atoms with Crippen molar-refractivity contribution in [2.24, 2.45) is 11.1 Å². The minimum atomic E-state index is -3.25. The molecule has 2 N–H and O–H groups in total. The summed E-state index contributed by atoms with van der Waals surface area (Å²) in [6.45, 7) is 6.70. The summed E-state index contributed by atoms with van der Waals surface area (Å²) in [7, 11) is -1.53. The second kappa shape index (κ2) is 7.98. The Morgan fingerprint density at radius 2 is 1.96 bits per heavy atom. The zero-order valence-electron chi connectivity index (χ0n) is 15.1. The smallest absolute Gasteiger partial charge is 0.239 e. The van der Waals surface area contributed by atoms with Gasteiger partial charge in [0.05, 0.1) is 17.5 Å². The van der Waals surface area contributed by atoms with Gasteiger partial charge in [-0.3, -0.25) is 4.79 Å². The summed E-state index contributed by atoms with van der Waals surface area (Å²) in [4.78, 5) is 14.0. The summed E-state index contributed by atoms with van der Waals surface area (Å²) in [6, 6.07) is 5.83. The van der Waals surface area contributed by atoms with E-state index < -0.39 is 15.9 Å². The molecule has 0 radical (unpaired) electrons. The summed E-state index contributed by atoms with van der Waals surface area (Å²) in [5.74, 6) is 0.403. The van der Waals surface area contributed by atoms with Crippen molar-refractivity contribution in [3.63, 3.8) is 0 Å². The lowest BCUT2D eigenvalue weighted by Gasteiger charge is -2.30. The lowest BCUT2D eigenvalue weighted by atomic mass is 9.86. The molecule has 0 aliphatic rings. The highest BCUT2D eigenvalue weighted by Gasteiger charge is 2.29. The summed E-state index contributed by atoms with van der Waals surface area (Å²) in [6.07, 6.45) is 1.79. The lowest BCUT2D eigenvalue weighted by Crippen LogP contribution is -2.49. The van der Waals surface area contributed by atoms with Crippen molar-refractivity contribution in [1.29, 1.82) is 0 Å². The Morgan fingerprint density at radius 3 is 2.50 bits per heavy atom. The van der Waals surface area contributed by atoms with Gasteiger partial charge in [-0.1, -0.05) is 26.8 Å². The Kier molecular flexibility index (Phi) is 6.80. The average Bonchev–Trinajstić information content (AvgIpc) is 2.48. The van der Waals surface area contributed by atoms with Gasteiger partial charge in [-0.25, -0.2) is 8.42 Å². The van der Waals surface area contributed by atoms with E-state index >= 15 is 0 Å². The molecule has 1 atom stereocenters. The summed E-state index contributed by atoms with van der Waals surface area (Å²) in [5, 5.41) is 0. The summed E-state index contributed by atoms with van der Waals surface area (Å²) >= 11 is 0. The van der Waals surface area contributed by atoms with Gasteiger partial charge in [0.15, 0.2) is 9.84 Å². The van der Waals surface area contributed by atoms with Gasteiger partial charge in [-0.2, -0.15) is 0 Å². The van der Waals surface area contributed by atoms with Gasteiger partial charge in [0.2, 0.25) is 5.91 Å². The number of hydrogen-bond acceptors (Lipinski definition) is 5. The van der Waals surface area contributed by atoms with Crippen molar-refractivity contribution in [1.82, 2.24) is 4.90 Å². The van der Waals surface area contributed by atoms with Crippen LogP contribution in [0.15, 0.2) is 29.2 Å². The van der Waals surface area contributed by atoms with Crippen LogP contribution in [0.3, 0.4) is 0 Å². The molecule has 0 bridgehead atoms. The molecule has 0 spiro atoms. The van der Waals surface area contributed by atoms with Gasteiger partial charge in [0.25, 0.3) is 0 Å². The Bertz CT molecular complexity index is 665. The Labute approximate surface area is 144 Å². The molecule has 24 heavy (non-hydrogen) atoms. The zero-order chi connectivity index (χ0) is 18.5. The van der Waals surface area contributed by atoms with Gasteiger partial charge >= 0.3 is 0 Å². The van der Waals surface area contributed by atoms with Crippen molar-refractivity contribution >= 4 is 15.7 Å². The molecule has 1 amide bonds. The molecule has 0 saturated carbocycles. The molecule has 7 heteroatoms. The Balaban J connectivity index is 2.48. The molecule has 0 aliphatic carbocycles. The van der Waals surface area contributed by atoms with E-state index in [9.17, 15) is 13.2 Å². The van der Waals surface area contributed by atoms with Crippen LogP contribution in [0.2, 0.25) is 0 Å². The highest BCUT2D eigenvalue weighted by atomic mass is 32.2. The predicted molar refractivity (Wildman–Crippen MR) is 94.7 cm³/mol. The average molecular weight is 356 g/mol. The van der Waals surface area contributed by atoms with E-state index in [1.807, 2.05) is 20.8 Å². The molecule has 0 aromatic heterocycles. The van der Waals surface area contributed by atoms with Crippen LogP contribution in [0.1, 0.15) is 27.2 Å². The minimum Gasteiger partial charge on any atom is -0.493 e. The normalized spacial score (nSPS) is 13.4. The fourth-order valence-corrected chi connectivity index (χ4v) is 2.66. The van der Waals surface area contributed by atoms with E-state index in [1.54, 1.807) is 24.1 Å². The van der Waals surface area contributed by atoms with Crippen molar-refractivity contribution in [2.75, 3.05) is 26.5 Å². The quantitative estimate of drug-likeness (QED) is 0.751. The zero-order valence-corrected chi connectivity index (χ0v) is 15.9. The first-order chi connectivity index (χ1) is 10.9. The molecule has 1 aromatic carbocycles. The molecule has 1 aromatic rings. The monoisotopic (exact) mass is 356 g/mol. The van der Waals surface area contributed by atoms with Crippen LogP contribution < -0.4 is 10.5 Å². The van der Waals surface area contributed by atoms with E-state index in [0.29, 0.717) is 25.3 Å². The molecule has 0 saturated heterocycles. The third-order valence-corrected chi connectivity index (χ3v) is 4.83. The first-order valence-corrected chi connectivity index (χ1v) is 9.75. The molecule has 136 valence electrons. The van der Waals surface area contributed by atoms with Crippen LogP contribution in [0, 0.1) is 5.41 Å². The number of likely N-dealkylation sites (N-methyl/N-ethyl adjacent to an activating group) is 1. The summed E-state index contributed by atoms with van der Waals surface area (Å²) < 4.78 is 28.6. The molecule has 0 heterocycles. The highest BCUT2D eigenvalue weighted by Crippen LogP contribution is 2.19. The number of nitrogens with two attached hydrogens (primary N) is 1. The third kappa shape index (κ3) is 6.13. The van der Waals surface area contributed by atoms with Gasteiger partial charge in [-0.05, 0) is 30.0 Å². The fraction of sp³-hybridized carbons (Fsp3) is 0.588. The molecule has 0 fully saturated rings. The first-order valence-electron chi connectivity index (χ1n) is 7.86. The maximum Gasteiger partial charge on any atom is 0.239 e. The second-order valence-electron chi connectivity index (χ2n) is 7.05. The predicted octanol–water partition coefficient (Wildman–Crippen LogP) is 1.69. The largest absolute Gasteiger partial charge is 0.493 e. The molecular formula is C17H28N2O4S. The standard InChI is InChI=1S/C17H28N2O4S/c1-17(2,3)15(18)16(20)19(4)10-7-11-23-13-8-6-9-14(12-13)24(5,21)22/h6,8-9,12,15H,7,10-11,18H2,1-5H3/t15-/m1/s1. The van der Waals surface area contributed by atoms with E-state index in [-0.39, 0.29) is 16.2 Å². The highest BCUT2D eigenvalue weighted by molar-refractivity contribution is 7.90. The third-order valence-electron chi connectivity index (χ3n) is 3.72. The second-order valence-corrected chi connectivity index (χ2v) is 9.07. The van der Waals surface area contributed by atoms with E-state index in [4.69, 9.17) is 10.5 Å². The van der Waals surface area contributed by atoms with Crippen LogP contribution in [-0.4, -0.2) is 51.7 Å². The number of nitrogens with zero attached hydrogens (tertiary/aromatic N) is 1. The van der Waals surface area contributed by atoms with Gasteiger partial charge < -0.3 is 15.4 Å². The number of carbonyl (C=O) groups excluding carboxylic acids is 1. The first kappa shape index (κ1) is 20.4. The van der Waals surface area contributed by atoms with Crippen molar-refractivity contribution in [2.45, 2.75) is 38.1 Å². The van der Waals surface area contributed by atoms with E-state index in [0.717, 1.165) is 6.26 Å². The molecule has 1 rings (SSSR count). The van der Waals surface area contributed by atoms with Crippen LogP contribution >= 0.6 is 0 Å². The number of rotatable bonds is 7. The number of sulfone groups is 1. The van der Waals surface area contributed by atoms with E-state index in [2.05, 4.69) is 0 Å². The van der Waals surface area contributed by atoms with Gasteiger partial charge in [0.1, 0.15) is 5.75 Å². The van der Waals surface area contributed by atoms with Crippen LogP contribution in [0.25, 0.3) is 0 Å². The van der Waals surface area contributed by atoms with Crippen molar-refractivity contribution in [3.05, 3.63) is 24.3 Å². The summed E-state index contributed by atoms with van der Waals surface area (Å²) in [5.41, 5.74) is 5.68. The maximum absolute atomic E-state index is 12.2. The van der Waals surface area contributed by atoms with E-state index in [1.165, 1.54) is 12.1 Å². The molecular weight excluding hydrogens is 328 g/mol. The molecule has 0 aliphatic heterocycles. The SMILES string of the molecule is CN(CCCOc1cccc(S(C)(=O)=O)c1)C(=O)[C@@H](N)C(C)(C)C. The van der Waals surface area contributed by atoms with Crippen LogP contribution in [0.4, 0.5) is 0 Å². The topological polar surface area (TPSA) is 89.7 Å². The number of ether oxygens (including phenoxy) is 1.